The molecule has 1 heteroatoms. The van der Waals surface area contributed by atoms with Gasteiger partial charge in [-0.15, -0.1) is 6.58 Å². The van der Waals surface area contributed by atoms with Crippen LogP contribution in [0.15, 0.2) is 42.7 Å². The number of hydrogen-bond donors (Lipinski definition) is 0. The second-order valence-electron chi connectivity index (χ2n) is 3.84. The first-order chi connectivity index (χ1) is 6.18. The van der Waals surface area contributed by atoms with Gasteiger partial charge in [-0.2, -0.15) is 0 Å². The van der Waals surface area contributed by atoms with Crippen LogP contribution in [-0.4, -0.2) is 0 Å². The van der Waals surface area contributed by atoms with E-state index in [-0.39, 0.29) is 0 Å². The Balaban J connectivity index is 2.45. The summed E-state index contributed by atoms with van der Waals surface area (Å²) < 4.78 is 2.22. The summed E-state index contributed by atoms with van der Waals surface area (Å²) in [5, 5.41) is 0. The lowest BCUT2D eigenvalue weighted by molar-refractivity contribution is -0.702. The first-order valence-corrected chi connectivity index (χ1v) is 4.77. The lowest BCUT2D eigenvalue weighted by atomic mass is 10.0. The van der Waals surface area contributed by atoms with Crippen molar-refractivity contribution >= 4 is 0 Å². The Labute approximate surface area is 80.7 Å². The van der Waals surface area contributed by atoms with E-state index in [1.165, 1.54) is 5.57 Å². The molecule has 0 spiro atoms. The number of hydrogen-bond acceptors (Lipinski definition) is 0. The van der Waals surface area contributed by atoms with Gasteiger partial charge < -0.3 is 0 Å². The Morgan fingerprint density at radius 2 is 1.92 bits per heavy atom. The highest BCUT2D eigenvalue weighted by molar-refractivity contribution is 4.89. The van der Waals surface area contributed by atoms with Gasteiger partial charge in [-0.25, -0.2) is 4.57 Å². The van der Waals surface area contributed by atoms with Gasteiger partial charge in [-0.3, -0.25) is 0 Å². The lowest BCUT2D eigenvalue weighted by Gasteiger charge is -2.06. The molecule has 0 saturated carbocycles. The zero-order valence-electron chi connectivity index (χ0n) is 8.53. The molecular weight excluding hydrogens is 158 g/mol. The smallest absolute Gasteiger partial charge is 0.168 e. The average molecular weight is 176 g/mol. The second kappa shape index (κ2) is 4.80. The van der Waals surface area contributed by atoms with E-state index >= 15 is 0 Å². The van der Waals surface area contributed by atoms with E-state index in [2.05, 4.69) is 49.5 Å². The van der Waals surface area contributed by atoms with Crippen molar-refractivity contribution in [3.05, 3.63) is 42.7 Å². The molecular formula is C12H18N+. The van der Waals surface area contributed by atoms with E-state index in [1.807, 2.05) is 6.07 Å². The maximum atomic E-state index is 3.93. The number of rotatable bonds is 4. The van der Waals surface area contributed by atoms with Crippen LogP contribution in [0.1, 0.15) is 20.3 Å². The molecule has 1 nitrogen and oxygen atoms in total. The van der Waals surface area contributed by atoms with Crippen molar-refractivity contribution in [1.29, 1.82) is 0 Å². The fraction of sp³-hybridized carbons (Fsp3) is 0.417. The van der Waals surface area contributed by atoms with Gasteiger partial charge in [0.1, 0.15) is 0 Å². The monoisotopic (exact) mass is 176 g/mol. The van der Waals surface area contributed by atoms with Gasteiger partial charge >= 0.3 is 0 Å². The molecule has 0 aromatic carbocycles. The molecule has 0 amide bonds. The van der Waals surface area contributed by atoms with Crippen LogP contribution in [0.2, 0.25) is 0 Å². The van der Waals surface area contributed by atoms with Gasteiger partial charge in [-0.05, 0) is 13.3 Å². The molecule has 1 unspecified atom stereocenters. The van der Waals surface area contributed by atoms with E-state index in [4.69, 9.17) is 0 Å². The molecule has 13 heavy (non-hydrogen) atoms. The van der Waals surface area contributed by atoms with E-state index in [0.717, 1.165) is 13.0 Å². The standard InChI is InChI=1S/C12H18N/c1-11(2)9-12(3)10-13-7-5-4-6-8-13/h4-8,12H,1,9-10H2,2-3H3/q+1. The summed E-state index contributed by atoms with van der Waals surface area (Å²) in [5.74, 6) is 0.671. The highest BCUT2D eigenvalue weighted by Gasteiger charge is 2.07. The van der Waals surface area contributed by atoms with Gasteiger partial charge in [0.2, 0.25) is 0 Å². The number of pyridine rings is 1. The van der Waals surface area contributed by atoms with Crippen LogP contribution in [0, 0.1) is 5.92 Å². The molecule has 1 aromatic rings. The van der Waals surface area contributed by atoms with E-state index in [9.17, 15) is 0 Å². The molecule has 0 aliphatic rings. The number of nitrogens with zero attached hydrogens (tertiary/aromatic N) is 1. The zero-order valence-corrected chi connectivity index (χ0v) is 8.53. The van der Waals surface area contributed by atoms with Crippen molar-refractivity contribution in [3.8, 4) is 0 Å². The van der Waals surface area contributed by atoms with Gasteiger partial charge in [0.25, 0.3) is 0 Å². The molecule has 0 aliphatic carbocycles. The topological polar surface area (TPSA) is 3.88 Å². The fourth-order valence-corrected chi connectivity index (χ4v) is 1.58. The van der Waals surface area contributed by atoms with Crippen molar-refractivity contribution < 1.29 is 4.57 Å². The van der Waals surface area contributed by atoms with Crippen LogP contribution in [0.3, 0.4) is 0 Å². The molecule has 0 fully saturated rings. The Kier molecular flexibility index (Phi) is 3.69. The third kappa shape index (κ3) is 3.88. The van der Waals surface area contributed by atoms with Crippen molar-refractivity contribution in [2.24, 2.45) is 5.92 Å². The lowest BCUT2D eigenvalue weighted by Crippen LogP contribution is -2.35. The first-order valence-electron chi connectivity index (χ1n) is 4.77. The molecule has 1 aromatic heterocycles. The van der Waals surface area contributed by atoms with Crippen molar-refractivity contribution in [1.82, 2.24) is 0 Å². The second-order valence-corrected chi connectivity index (χ2v) is 3.84. The summed E-state index contributed by atoms with van der Waals surface area (Å²) in [7, 11) is 0. The summed E-state index contributed by atoms with van der Waals surface area (Å²) in [6, 6.07) is 6.17. The van der Waals surface area contributed by atoms with Crippen LogP contribution in [-0.2, 0) is 6.54 Å². The Morgan fingerprint density at radius 1 is 1.31 bits per heavy atom. The van der Waals surface area contributed by atoms with Gasteiger partial charge in [-0.1, -0.05) is 18.6 Å². The first kappa shape index (κ1) is 9.97. The number of allylic oxidation sites excluding steroid dienone is 1. The number of aromatic nitrogens is 1. The van der Waals surface area contributed by atoms with Crippen LogP contribution >= 0.6 is 0 Å². The third-order valence-electron chi connectivity index (χ3n) is 2.00. The van der Waals surface area contributed by atoms with Crippen LogP contribution in [0.25, 0.3) is 0 Å². The normalized spacial score (nSPS) is 12.5. The molecule has 0 aliphatic heterocycles. The summed E-state index contributed by atoms with van der Waals surface area (Å²) in [6.07, 6.45) is 5.33. The van der Waals surface area contributed by atoms with Crippen LogP contribution in [0.4, 0.5) is 0 Å². The fourth-order valence-electron chi connectivity index (χ4n) is 1.58. The highest BCUT2D eigenvalue weighted by atomic mass is 14.9. The summed E-state index contributed by atoms with van der Waals surface area (Å²) in [6.45, 7) is 9.35. The molecule has 0 saturated heterocycles. The minimum Gasteiger partial charge on any atom is -0.205 e. The summed E-state index contributed by atoms with van der Waals surface area (Å²) >= 11 is 0. The summed E-state index contributed by atoms with van der Waals surface area (Å²) in [5.41, 5.74) is 1.27. The molecule has 1 rings (SSSR count). The molecule has 0 N–H and O–H groups in total. The Morgan fingerprint density at radius 3 is 2.46 bits per heavy atom. The van der Waals surface area contributed by atoms with Crippen LogP contribution < -0.4 is 4.57 Å². The van der Waals surface area contributed by atoms with Crippen molar-refractivity contribution in [2.45, 2.75) is 26.8 Å². The Bertz CT molecular complexity index is 264. The molecule has 1 atom stereocenters. The minimum absolute atomic E-state index is 0.671. The van der Waals surface area contributed by atoms with Crippen molar-refractivity contribution in [2.75, 3.05) is 0 Å². The van der Waals surface area contributed by atoms with Crippen LogP contribution in [0.5, 0.6) is 0 Å². The Hall–Kier alpha value is -1.11. The van der Waals surface area contributed by atoms with Gasteiger partial charge in [0.15, 0.2) is 18.9 Å². The maximum absolute atomic E-state index is 3.93. The van der Waals surface area contributed by atoms with E-state index < -0.39 is 0 Å². The predicted molar refractivity (Wildman–Crippen MR) is 55.2 cm³/mol. The van der Waals surface area contributed by atoms with Crippen molar-refractivity contribution in [3.63, 3.8) is 0 Å². The third-order valence-corrected chi connectivity index (χ3v) is 2.00. The van der Waals surface area contributed by atoms with E-state index in [1.54, 1.807) is 0 Å². The predicted octanol–water partition coefficient (Wildman–Crippen LogP) is 2.58. The zero-order chi connectivity index (χ0) is 9.68. The SMILES string of the molecule is C=C(C)CC(C)C[n+]1ccccc1. The molecule has 0 radical (unpaired) electrons. The quantitative estimate of drug-likeness (QED) is 0.490. The minimum atomic E-state index is 0.671. The molecule has 1 heterocycles. The van der Waals surface area contributed by atoms with E-state index in [0.29, 0.717) is 5.92 Å². The molecule has 70 valence electrons. The average Bonchev–Trinajstić information content (AvgIpc) is 2.04. The maximum Gasteiger partial charge on any atom is 0.168 e. The van der Waals surface area contributed by atoms with Gasteiger partial charge in [0.05, 0.1) is 0 Å². The summed E-state index contributed by atoms with van der Waals surface area (Å²) in [4.78, 5) is 0. The highest BCUT2D eigenvalue weighted by Crippen LogP contribution is 2.08. The van der Waals surface area contributed by atoms with Gasteiger partial charge in [0, 0.05) is 18.1 Å². The molecule has 0 bridgehead atoms. The largest absolute Gasteiger partial charge is 0.205 e.